The summed E-state index contributed by atoms with van der Waals surface area (Å²) in [6, 6.07) is 12.2. The summed E-state index contributed by atoms with van der Waals surface area (Å²) in [5, 5.41) is 8.32. The third-order valence-corrected chi connectivity index (χ3v) is 4.23. The summed E-state index contributed by atoms with van der Waals surface area (Å²) in [5.41, 5.74) is 2.53. The van der Waals surface area contributed by atoms with Crippen LogP contribution >= 0.6 is 0 Å². The topological polar surface area (TPSA) is 59.8 Å². The number of carbonyl (C=O) groups excluding carboxylic acids is 1. The minimum Gasteiger partial charge on any atom is -0.349 e. The number of nitrogens with zero attached hydrogens (tertiary/aromatic N) is 3. The van der Waals surface area contributed by atoms with E-state index in [1.165, 1.54) is 5.56 Å². The Kier molecular flexibility index (Phi) is 4.89. The summed E-state index contributed by atoms with van der Waals surface area (Å²) < 4.78 is 1.85. The number of hydrogen-bond acceptors (Lipinski definition) is 3. The Bertz CT molecular complexity index is 822. The molecule has 2 aromatic heterocycles. The Morgan fingerprint density at radius 2 is 1.92 bits per heavy atom. The zero-order chi connectivity index (χ0) is 16.9. The zero-order valence-corrected chi connectivity index (χ0v) is 14.1. The summed E-state index contributed by atoms with van der Waals surface area (Å²) in [6.07, 6.45) is 5.24. The Hall–Kier alpha value is -2.69. The standard InChI is InChI=1S/C19H22N4O/c1-3-17(4-2)22-19(24)16-10-15-12-21-23(18(15)20-11-16)13-14-8-6-5-7-9-14/h5-12,17H,3-4,13H2,1-2H3,(H,22,24). The van der Waals surface area contributed by atoms with Crippen LogP contribution in [0, 0.1) is 0 Å². The predicted molar refractivity (Wildman–Crippen MR) is 94.9 cm³/mol. The van der Waals surface area contributed by atoms with Crippen LogP contribution in [0.4, 0.5) is 0 Å². The monoisotopic (exact) mass is 322 g/mol. The van der Waals surface area contributed by atoms with E-state index in [1.807, 2.05) is 28.9 Å². The van der Waals surface area contributed by atoms with Gasteiger partial charge in [0.2, 0.25) is 0 Å². The average molecular weight is 322 g/mol. The maximum Gasteiger partial charge on any atom is 0.253 e. The fourth-order valence-electron chi connectivity index (χ4n) is 2.73. The molecule has 1 N–H and O–H groups in total. The number of aromatic nitrogens is 3. The molecule has 0 saturated heterocycles. The van der Waals surface area contributed by atoms with Gasteiger partial charge in [-0.15, -0.1) is 0 Å². The van der Waals surface area contributed by atoms with Crippen LogP contribution in [0.2, 0.25) is 0 Å². The molecular weight excluding hydrogens is 300 g/mol. The molecule has 0 unspecified atom stereocenters. The molecule has 5 heteroatoms. The van der Waals surface area contributed by atoms with Gasteiger partial charge >= 0.3 is 0 Å². The number of amides is 1. The first-order valence-corrected chi connectivity index (χ1v) is 8.37. The molecule has 3 aromatic rings. The quantitative estimate of drug-likeness (QED) is 0.756. The third kappa shape index (κ3) is 3.45. The normalized spacial score (nSPS) is 11.1. The summed E-state index contributed by atoms with van der Waals surface area (Å²) in [6.45, 7) is 4.81. The molecule has 0 fully saturated rings. The van der Waals surface area contributed by atoms with Crippen LogP contribution in [0.5, 0.6) is 0 Å². The molecule has 0 aliphatic heterocycles. The van der Waals surface area contributed by atoms with Gasteiger partial charge in [0.15, 0.2) is 5.65 Å². The maximum atomic E-state index is 12.3. The Labute approximate surface area is 141 Å². The Morgan fingerprint density at radius 3 is 2.62 bits per heavy atom. The largest absolute Gasteiger partial charge is 0.349 e. The maximum absolute atomic E-state index is 12.3. The lowest BCUT2D eigenvalue weighted by atomic mass is 10.1. The van der Waals surface area contributed by atoms with E-state index < -0.39 is 0 Å². The van der Waals surface area contributed by atoms with E-state index in [0.29, 0.717) is 12.1 Å². The average Bonchev–Trinajstić information content (AvgIpc) is 3.02. The van der Waals surface area contributed by atoms with Crippen LogP contribution in [-0.2, 0) is 6.54 Å². The van der Waals surface area contributed by atoms with E-state index in [4.69, 9.17) is 0 Å². The van der Waals surface area contributed by atoms with Crippen molar-refractivity contribution in [2.75, 3.05) is 0 Å². The van der Waals surface area contributed by atoms with Crippen molar-refractivity contribution in [2.45, 2.75) is 39.3 Å². The van der Waals surface area contributed by atoms with Gasteiger partial charge in [-0.05, 0) is 24.5 Å². The molecule has 0 atom stereocenters. The molecule has 3 rings (SSSR count). The summed E-state index contributed by atoms with van der Waals surface area (Å²) in [4.78, 5) is 16.8. The summed E-state index contributed by atoms with van der Waals surface area (Å²) in [7, 11) is 0. The van der Waals surface area contributed by atoms with Gasteiger partial charge in [-0.1, -0.05) is 44.2 Å². The lowest BCUT2D eigenvalue weighted by Crippen LogP contribution is -2.33. The van der Waals surface area contributed by atoms with Crippen molar-refractivity contribution in [1.29, 1.82) is 0 Å². The minimum atomic E-state index is -0.0751. The minimum absolute atomic E-state index is 0.0751. The molecule has 0 aliphatic carbocycles. The van der Waals surface area contributed by atoms with E-state index >= 15 is 0 Å². The molecule has 124 valence electrons. The fourth-order valence-corrected chi connectivity index (χ4v) is 2.73. The van der Waals surface area contributed by atoms with Crippen molar-refractivity contribution in [1.82, 2.24) is 20.1 Å². The van der Waals surface area contributed by atoms with Gasteiger partial charge in [-0.3, -0.25) is 4.79 Å². The van der Waals surface area contributed by atoms with E-state index in [2.05, 4.69) is 41.4 Å². The molecule has 24 heavy (non-hydrogen) atoms. The SMILES string of the molecule is CCC(CC)NC(=O)c1cnc2c(cnn2Cc2ccccc2)c1. The van der Waals surface area contributed by atoms with E-state index in [1.54, 1.807) is 12.4 Å². The van der Waals surface area contributed by atoms with Gasteiger partial charge < -0.3 is 5.32 Å². The number of pyridine rings is 1. The van der Waals surface area contributed by atoms with E-state index in [9.17, 15) is 4.79 Å². The molecule has 0 radical (unpaired) electrons. The highest BCUT2D eigenvalue weighted by Crippen LogP contribution is 2.15. The van der Waals surface area contributed by atoms with E-state index in [0.717, 1.165) is 23.9 Å². The number of rotatable bonds is 6. The number of nitrogens with one attached hydrogen (secondary N) is 1. The van der Waals surface area contributed by atoms with Crippen LogP contribution in [0.1, 0.15) is 42.6 Å². The molecule has 1 amide bonds. The molecular formula is C19H22N4O. The van der Waals surface area contributed by atoms with Gasteiger partial charge in [0.25, 0.3) is 5.91 Å². The van der Waals surface area contributed by atoms with Crippen molar-refractivity contribution in [3.8, 4) is 0 Å². The predicted octanol–water partition coefficient (Wildman–Crippen LogP) is 3.40. The molecule has 0 aliphatic rings. The molecule has 5 nitrogen and oxygen atoms in total. The molecule has 0 spiro atoms. The van der Waals surface area contributed by atoms with Crippen LogP contribution in [0.15, 0.2) is 48.8 Å². The number of fused-ring (bicyclic) bond motifs is 1. The highest BCUT2D eigenvalue weighted by Gasteiger charge is 2.13. The number of hydrogen-bond donors (Lipinski definition) is 1. The fraction of sp³-hybridized carbons (Fsp3) is 0.316. The van der Waals surface area contributed by atoms with Crippen LogP contribution in [-0.4, -0.2) is 26.7 Å². The molecule has 1 aromatic carbocycles. The van der Waals surface area contributed by atoms with Crippen LogP contribution in [0.25, 0.3) is 11.0 Å². The summed E-state index contributed by atoms with van der Waals surface area (Å²) >= 11 is 0. The lowest BCUT2D eigenvalue weighted by Gasteiger charge is -2.14. The van der Waals surface area contributed by atoms with Gasteiger partial charge in [0.1, 0.15) is 0 Å². The Balaban J connectivity index is 1.81. The highest BCUT2D eigenvalue weighted by molar-refractivity contribution is 5.96. The summed E-state index contributed by atoms with van der Waals surface area (Å²) in [5.74, 6) is -0.0751. The van der Waals surface area contributed by atoms with Gasteiger partial charge in [0, 0.05) is 17.6 Å². The van der Waals surface area contributed by atoms with Crippen molar-refractivity contribution >= 4 is 16.9 Å². The van der Waals surface area contributed by atoms with Crippen molar-refractivity contribution in [3.63, 3.8) is 0 Å². The second-order valence-corrected chi connectivity index (χ2v) is 5.91. The van der Waals surface area contributed by atoms with Crippen LogP contribution in [0.3, 0.4) is 0 Å². The van der Waals surface area contributed by atoms with Gasteiger partial charge in [0.05, 0.1) is 18.3 Å². The number of carbonyl (C=O) groups is 1. The second-order valence-electron chi connectivity index (χ2n) is 5.91. The number of benzene rings is 1. The zero-order valence-electron chi connectivity index (χ0n) is 14.1. The Morgan fingerprint density at radius 1 is 1.17 bits per heavy atom. The first-order chi connectivity index (χ1) is 11.7. The lowest BCUT2D eigenvalue weighted by molar-refractivity contribution is 0.0934. The third-order valence-electron chi connectivity index (χ3n) is 4.23. The second kappa shape index (κ2) is 7.25. The van der Waals surface area contributed by atoms with Crippen molar-refractivity contribution < 1.29 is 4.79 Å². The van der Waals surface area contributed by atoms with Gasteiger partial charge in [-0.25, -0.2) is 9.67 Å². The van der Waals surface area contributed by atoms with E-state index in [-0.39, 0.29) is 11.9 Å². The van der Waals surface area contributed by atoms with Crippen molar-refractivity contribution in [3.05, 3.63) is 59.9 Å². The smallest absolute Gasteiger partial charge is 0.253 e. The highest BCUT2D eigenvalue weighted by atomic mass is 16.1. The van der Waals surface area contributed by atoms with Gasteiger partial charge in [-0.2, -0.15) is 5.10 Å². The molecule has 2 heterocycles. The van der Waals surface area contributed by atoms with Crippen molar-refractivity contribution in [2.24, 2.45) is 0 Å². The molecule has 0 bridgehead atoms. The first kappa shape index (κ1) is 16.2. The van der Waals surface area contributed by atoms with Crippen LogP contribution < -0.4 is 5.32 Å². The molecule has 0 saturated carbocycles. The first-order valence-electron chi connectivity index (χ1n) is 8.37.